The van der Waals surface area contributed by atoms with Crippen LogP contribution in [0.5, 0.6) is 0 Å². The maximum Gasteiger partial charge on any atom is 0.240 e. The van der Waals surface area contributed by atoms with Gasteiger partial charge in [0, 0.05) is 10.0 Å². The molecule has 3 saturated heterocycles. The van der Waals surface area contributed by atoms with E-state index < -0.39 is 24.0 Å². The molecule has 4 heterocycles. The molecule has 0 aromatic heterocycles. The molecule has 6 atom stereocenters. The van der Waals surface area contributed by atoms with E-state index in [1.54, 1.807) is 18.2 Å². The summed E-state index contributed by atoms with van der Waals surface area (Å²) in [5, 5.41) is 7.78. The zero-order chi connectivity index (χ0) is 24.7. The van der Waals surface area contributed by atoms with Gasteiger partial charge in [0.1, 0.15) is 0 Å². The molecule has 4 aliphatic rings. The molecule has 0 N–H and O–H groups in total. The molecule has 180 valence electrons. The number of halogens is 3. The van der Waals surface area contributed by atoms with Crippen molar-refractivity contribution >= 4 is 68.0 Å². The fourth-order valence-corrected chi connectivity index (χ4v) is 6.86. The third-order valence-corrected chi connectivity index (χ3v) is 8.97. The molecule has 0 spiro atoms. The summed E-state index contributed by atoms with van der Waals surface area (Å²) in [5.41, 5.74) is 2.89. The molecular formula is C27H18BrCl2N3O3. The highest BCUT2D eigenvalue weighted by Crippen LogP contribution is 2.57. The van der Waals surface area contributed by atoms with Crippen LogP contribution >= 0.6 is 39.1 Å². The van der Waals surface area contributed by atoms with Gasteiger partial charge in [0.15, 0.2) is 0 Å². The summed E-state index contributed by atoms with van der Waals surface area (Å²) in [6, 6.07) is 22.2. The molecule has 3 aromatic rings. The summed E-state index contributed by atoms with van der Waals surface area (Å²) >= 11 is 16.4. The fourth-order valence-electron chi connectivity index (χ4n) is 6.20. The second-order valence-electron chi connectivity index (χ2n) is 9.39. The molecule has 36 heavy (non-hydrogen) atoms. The molecule has 0 radical (unpaired) electrons. The van der Waals surface area contributed by atoms with Crippen LogP contribution in [0.2, 0.25) is 10.0 Å². The van der Waals surface area contributed by atoms with Gasteiger partial charge in [-0.3, -0.25) is 14.6 Å². The molecule has 7 rings (SSSR count). The fraction of sp³-hybridized carbons (Fsp3) is 0.222. The lowest BCUT2D eigenvalue weighted by Gasteiger charge is -2.32. The number of anilines is 2. The van der Waals surface area contributed by atoms with Crippen LogP contribution in [0.4, 0.5) is 11.4 Å². The van der Waals surface area contributed by atoms with Crippen molar-refractivity contribution in [1.29, 1.82) is 0 Å². The van der Waals surface area contributed by atoms with Crippen LogP contribution in [0, 0.1) is 17.8 Å². The van der Waals surface area contributed by atoms with Crippen molar-refractivity contribution in [3.63, 3.8) is 0 Å². The number of para-hydroxylation sites is 1. The summed E-state index contributed by atoms with van der Waals surface area (Å²) < 4.78 is 7.33. The van der Waals surface area contributed by atoms with Crippen LogP contribution in [-0.4, -0.2) is 35.8 Å². The van der Waals surface area contributed by atoms with E-state index in [9.17, 15) is 9.59 Å². The smallest absolute Gasteiger partial charge is 0.240 e. The quantitative estimate of drug-likeness (QED) is 0.380. The highest BCUT2D eigenvalue weighted by molar-refractivity contribution is 9.10. The average molecular weight is 583 g/mol. The number of hydrogen-bond donors (Lipinski definition) is 0. The minimum absolute atomic E-state index is 0.222. The monoisotopic (exact) mass is 581 g/mol. The topological polar surface area (TPSA) is 62.2 Å². The number of imide groups is 1. The van der Waals surface area contributed by atoms with Crippen molar-refractivity contribution in [2.24, 2.45) is 22.9 Å². The highest BCUT2D eigenvalue weighted by atomic mass is 79.9. The number of fused-ring (bicyclic) bond motifs is 8. The minimum Gasteiger partial charge on any atom is -0.370 e. The van der Waals surface area contributed by atoms with Gasteiger partial charge in [0.2, 0.25) is 11.8 Å². The first-order valence-electron chi connectivity index (χ1n) is 11.6. The Morgan fingerprint density at radius 2 is 1.47 bits per heavy atom. The standard InChI is InChI=1S/C27H18BrCl2N3O3/c28-13-9-11-14(12-10-13)32-26(34)18-19(27(32)35)25-23-20(24(18)36-25)22(16-7-4-8-17(29)21(16)30)31-33(23)15-5-2-1-3-6-15/h1-12,18-20,23-25H/t18-,19+,20-,23+,24+,25-/m0/s1. The lowest BCUT2D eigenvalue weighted by molar-refractivity contribution is -0.125. The molecular weight excluding hydrogens is 565 g/mol. The predicted octanol–water partition coefficient (Wildman–Crippen LogP) is 5.55. The Balaban J connectivity index is 1.34. The number of carbonyl (C=O) groups is 2. The Labute approximate surface area is 225 Å². The number of amides is 2. The van der Waals surface area contributed by atoms with Crippen molar-refractivity contribution in [1.82, 2.24) is 0 Å². The van der Waals surface area contributed by atoms with Crippen LogP contribution in [-0.2, 0) is 14.3 Å². The van der Waals surface area contributed by atoms with Crippen LogP contribution in [0.15, 0.2) is 82.4 Å². The molecule has 2 amide bonds. The predicted molar refractivity (Wildman–Crippen MR) is 141 cm³/mol. The van der Waals surface area contributed by atoms with Gasteiger partial charge in [0.25, 0.3) is 0 Å². The summed E-state index contributed by atoms with van der Waals surface area (Å²) in [6.07, 6.45) is -0.981. The lowest BCUT2D eigenvalue weighted by Crippen LogP contribution is -2.50. The van der Waals surface area contributed by atoms with Gasteiger partial charge in [-0.25, -0.2) is 4.90 Å². The summed E-state index contributed by atoms with van der Waals surface area (Å²) in [5.74, 6) is -1.84. The number of benzene rings is 3. The van der Waals surface area contributed by atoms with Gasteiger partial charge in [0.05, 0.1) is 63.1 Å². The molecule has 3 aromatic carbocycles. The normalized spacial score (nSPS) is 30.1. The molecule has 3 fully saturated rings. The van der Waals surface area contributed by atoms with Gasteiger partial charge in [-0.2, -0.15) is 5.10 Å². The number of ether oxygens (including phenoxy) is 1. The third-order valence-electron chi connectivity index (χ3n) is 7.63. The molecule has 0 aliphatic carbocycles. The third kappa shape index (κ3) is 3.03. The molecule has 4 aliphatic heterocycles. The molecule has 0 saturated carbocycles. The van der Waals surface area contributed by atoms with Crippen LogP contribution in [0.25, 0.3) is 0 Å². The van der Waals surface area contributed by atoms with Gasteiger partial charge in [-0.05, 0) is 42.5 Å². The number of nitrogens with zero attached hydrogens (tertiary/aromatic N) is 3. The maximum absolute atomic E-state index is 13.7. The van der Waals surface area contributed by atoms with Gasteiger partial charge in [-0.15, -0.1) is 0 Å². The highest BCUT2D eigenvalue weighted by Gasteiger charge is 2.72. The van der Waals surface area contributed by atoms with Crippen molar-refractivity contribution in [2.75, 3.05) is 9.91 Å². The Morgan fingerprint density at radius 1 is 0.778 bits per heavy atom. The van der Waals surface area contributed by atoms with Gasteiger partial charge < -0.3 is 4.74 Å². The molecule has 0 unspecified atom stereocenters. The zero-order valence-corrected chi connectivity index (χ0v) is 21.7. The second-order valence-corrected chi connectivity index (χ2v) is 11.1. The Bertz CT molecular complexity index is 1450. The van der Waals surface area contributed by atoms with E-state index in [2.05, 4.69) is 15.9 Å². The zero-order valence-electron chi connectivity index (χ0n) is 18.6. The molecule has 9 heteroatoms. The van der Waals surface area contributed by atoms with Crippen molar-refractivity contribution in [3.05, 3.63) is 92.9 Å². The van der Waals surface area contributed by atoms with Crippen LogP contribution < -0.4 is 9.91 Å². The largest absolute Gasteiger partial charge is 0.370 e. The van der Waals surface area contributed by atoms with E-state index in [0.29, 0.717) is 21.3 Å². The second kappa shape index (κ2) is 8.15. The minimum atomic E-state index is -0.578. The lowest BCUT2D eigenvalue weighted by atomic mass is 9.70. The number of hydrogen-bond acceptors (Lipinski definition) is 5. The Kier molecular flexibility index (Phi) is 5.09. The number of hydrazone groups is 1. The van der Waals surface area contributed by atoms with Gasteiger partial charge >= 0.3 is 0 Å². The van der Waals surface area contributed by atoms with Crippen molar-refractivity contribution in [3.8, 4) is 0 Å². The summed E-state index contributed by atoms with van der Waals surface area (Å²) in [7, 11) is 0. The number of carbonyl (C=O) groups excluding carboxylic acids is 2. The van der Waals surface area contributed by atoms with E-state index in [4.69, 9.17) is 33.0 Å². The SMILES string of the molecule is O=C1[C@@H]2[C@H]3O[C@@H]([C@@H]2C(=O)N1c1ccc(Br)cc1)[C@H]1[C@@H]3C(c2cccc(Cl)c2Cl)=NN1c1ccccc1. The van der Waals surface area contributed by atoms with Crippen molar-refractivity contribution < 1.29 is 14.3 Å². The Hall–Kier alpha value is -2.71. The average Bonchev–Trinajstić information content (AvgIpc) is 3.62. The van der Waals surface area contributed by atoms with E-state index in [0.717, 1.165) is 15.9 Å². The summed E-state index contributed by atoms with van der Waals surface area (Å²) in [6.45, 7) is 0. The van der Waals surface area contributed by atoms with E-state index in [1.165, 1.54) is 4.90 Å². The maximum atomic E-state index is 13.7. The van der Waals surface area contributed by atoms with Crippen molar-refractivity contribution in [2.45, 2.75) is 18.2 Å². The number of rotatable bonds is 3. The first kappa shape index (κ1) is 22.5. The van der Waals surface area contributed by atoms with Crippen LogP contribution in [0.3, 0.4) is 0 Å². The first-order chi connectivity index (χ1) is 17.5. The first-order valence-corrected chi connectivity index (χ1v) is 13.2. The van der Waals surface area contributed by atoms with E-state index in [-0.39, 0.29) is 23.8 Å². The van der Waals surface area contributed by atoms with Gasteiger partial charge in [-0.1, -0.05) is 69.5 Å². The van der Waals surface area contributed by atoms with E-state index in [1.807, 2.05) is 59.6 Å². The molecule has 6 nitrogen and oxygen atoms in total. The Morgan fingerprint density at radius 3 is 2.19 bits per heavy atom. The summed E-state index contributed by atoms with van der Waals surface area (Å²) in [4.78, 5) is 28.7. The van der Waals surface area contributed by atoms with E-state index >= 15 is 0 Å². The molecule has 2 bridgehead atoms. The van der Waals surface area contributed by atoms with Crippen LogP contribution in [0.1, 0.15) is 5.56 Å².